The summed E-state index contributed by atoms with van der Waals surface area (Å²) in [7, 11) is -1.61. The average molecular weight is 504 g/mol. The number of ether oxygens (including phenoxy) is 1. The SMILES string of the molecule is CCCCCC(C)NC(=NC)NCCS(=O)(=O)NCC1CCCCO1.I. The second-order valence-electron chi connectivity index (χ2n) is 6.70. The van der Waals surface area contributed by atoms with E-state index in [4.69, 9.17) is 4.74 Å². The van der Waals surface area contributed by atoms with Gasteiger partial charge in [0.1, 0.15) is 0 Å². The topological polar surface area (TPSA) is 91.8 Å². The normalized spacial score (nSPS) is 19.5. The molecule has 1 aliphatic heterocycles. The fourth-order valence-electron chi connectivity index (χ4n) is 2.76. The van der Waals surface area contributed by atoms with Crippen molar-refractivity contribution in [2.45, 2.75) is 70.9 Å². The van der Waals surface area contributed by atoms with E-state index in [-0.39, 0.29) is 35.8 Å². The van der Waals surface area contributed by atoms with E-state index in [9.17, 15) is 8.42 Å². The number of nitrogens with zero attached hydrogens (tertiary/aromatic N) is 1. The van der Waals surface area contributed by atoms with Gasteiger partial charge < -0.3 is 15.4 Å². The van der Waals surface area contributed by atoms with Crippen LogP contribution in [0.3, 0.4) is 0 Å². The summed E-state index contributed by atoms with van der Waals surface area (Å²) in [6.45, 7) is 5.72. The zero-order chi connectivity index (χ0) is 18.5. The first-order chi connectivity index (χ1) is 12.0. The second kappa shape index (κ2) is 14.9. The molecule has 0 aromatic rings. The molecule has 2 atom stereocenters. The maximum Gasteiger partial charge on any atom is 0.213 e. The molecular weight excluding hydrogens is 467 g/mol. The Balaban J connectivity index is 0.00000625. The van der Waals surface area contributed by atoms with Crippen molar-refractivity contribution in [1.82, 2.24) is 15.4 Å². The van der Waals surface area contributed by atoms with E-state index in [0.717, 1.165) is 32.3 Å². The van der Waals surface area contributed by atoms with Crippen molar-refractivity contribution in [1.29, 1.82) is 0 Å². The van der Waals surface area contributed by atoms with E-state index in [0.29, 0.717) is 25.1 Å². The Morgan fingerprint density at radius 2 is 2.08 bits per heavy atom. The van der Waals surface area contributed by atoms with E-state index >= 15 is 0 Å². The number of aliphatic imine (C=N–C) groups is 1. The van der Waals surface area contributed by atoms with Gasteiger partial charge in [-0.2, -0.15) is 0 Å². The van der Waals surface area contributed by atoms with Gasteiger partial charge in [-0.25, -0.2) is 13.1 Å². The number of nitrogens with one attached hydrogen (secondary N) is 3. The van der Waals surface area contributed by atoms with Gasteiger partial charge in [-0.05, 0) is 32.6 Å². The molecule has 156 valence electrons. The molecule has 1 aliphatic rings. The number of rotatable bonds is 11. The van der Waals surface area contributed by atoms with E-state index in [1.807, 2.05) is 0 Å². The van der Waals surface area contributed by atoms with Crippen molar-refractivity contribution in [3.8, 4) is 0 Å². The first kappa shape index (κ1) is 25.9. The van der Waals surface area contributed by atoms with Crippen LogP contribution in [-0.2, 0) is 14.8 Å². The number of guanidine groups is 1. The highest BCUT2D eigenvalue weighted by atomic mass is 127. The fraction of sp³-hybridized carbons (Fsp3) is 0.941. The maximum absolute atomic E-state index is 12.1. The highest BCUT2D eigenvalue weighted by Crippen LogP contribution is 2.11. The van der Waals surface area contributed by atoms with E-state index < -0.39 is 10.0 Å². The van der Waals surface area contributed by atoms with Crippen molar-refractivity contribution < 1.29 is 13.2 Å². The van der Waals surface area contributed by atoms with Crippen LogP contribution >= 0.6 is 24.0 Å². The van der Waals surface area contributed by atoms with Gasteiger partial charge in [0.2, 0.25) is 10.0 Å². The van der Waals surface area contributed by atoms with Crippen molar-refractivity contribution in [2.75, 3.05) is 32.5 Å². The van der Waals surface area contributed by atoms with Crippen molar-refractivity contribution in [3.63, 3.8) is 0 Å². The van der Waals surface area contributed by atoms with Gasteiger partial charge in [0.15, 0.2) is 5.96 Å². The van der Waals surface area contributed by atoms with Gasteiger partial charge in [-0.15, -0.1) is 24.0 Å². The number of unbranched alkanes of at least 4 members (excludes halogenated alkanes) is 2. The Hall–Kier alpha value is -0.130. The summed E-state index contributed by atoms with van der Waals surface area (Å²) in [5.74, 6) is 0.666. The first-order valence-corrected chi connectivity index (χ1v) is 11.2. The van der Waals surface area contributed by atoms with Crippen LogP contribution in [0.2, 0.25) is 0 Å². The molecule has 0 bridgehead atoms. The molecule has 9 heteroatoms. The maximum atomic E-state index is 12.1. The van der Waals surface area contributed by atoms with Crippen LogP contribution in [0.4, 0.5) is 0 Å². The summed E-state index contributed by atoms with van der Waals surface area (Å²) >= 11 is 0. The standard InChI is InChI=1S/C17H36N4O3S.HI/c1-4-5-6-9-15(2)21-17(18-3)19-11-13-25(22,23)20-14-16-10-7-8-12-24-16;/h15-16,20H,4-14H2,1-3H3,(H2,18,19,21);1H. The van der Waals surface area contributed by atoms with Gasteiger partial charge in [0.05, 0.1) is 11.9 Å². The zero-order valence-electron chi connectivity index (χ0n) is 16.4. The van der Waals surface area contributed by atoms with Gasteiger partial charge in [0.25, 0.3) is 0 Å². The Kier molecular flexibility index (Phi) is 14.8. The Labute approximate surface area is 176 Å². The molecule has 26 heavy (non-hydrogen) atoms. The lowest BCUT2D eigenvalue weighted by Crippen LogP contribution is -2.45. The fourth-order valence-corrected chi connectivity index (χ4v) is 3.72. The van der Waals surface area contributed by atoms with Crippen LogP contribution in [0.25, 0.3) is 0 Å². The first-order valence-electron chi connectivity index (χ1n) is 9.53. The zero-order valence-corrected chi connectivity index (χ0v) is 19.6. The molecule has 2 unspecified atom stereocenters. The van der Waals surface area contributed by atoms with Gasteiger partial charge in [0, 0.05) is 32.8 Å². The molecule has 0 aromatic heterocycles. The number of hydrogen-bond acceptors (Lipinski definition) is 4. The second-order valence-corrected chi connectivity index (χ2v) is 8.62. The summed E-state index contributed by atoms with van der Waals surface area (Å²) in [4.78, 5) is 4.15. The number of sulfonamides is 1. The molecule has 1 rings (SSSR count). The monoisotopic (exact) mass is 504 g/mol. The molecule has 3 N–H and O–H groups in total. The molecule has 0 amide bonds. The average Bonchev–Trinajstić information content (AvgIpc) is 2.60. The van der Waals surface area contributed by atoms with E-state index in [1.54, 1.807) is 7.05 Å². The molecule has 0 radical (unpaired) electrons. The van der Waals surface area contributed by atoms with Gasteiger partial charge >= 0.3 is 0 Å². The lowest BCUT2D eigenvalue weighted by Gasteiger charge is -2.22. The van der Waals surface area contributed by atoms with Gasteiger partial charge in [-0.1, -0.05) is 26.2 Å². The lowest BCUT2D eigenvalue weighted by molar-refractivity contribution is 0.0200. The van der Waals surface area contributed by atoms with Crippen molar-refractivity contribution in [3.05, 3.63) is 0 Å². The smallest absolute Gasteiger partial charge is 0.213 e. The summed E-state index contributed by atoms with van der Waals surface area (Å²) in [5.41, 5.74) is 0. The number of hydrogen-bond donors (Lipinski definition) is 3. The largest absolute Gasteiger partial charge is 0.377 e. The molecule has 0 aliphatic carbocycles. The van der Waals surface area contributed by atoms with Crippen molar-refractivity contribution >= 4 is 40.0 Å². The molecule has 0 aromatic carbocycles. The molecule has 1 heterocycles. The summed E-state index contributed by atoms with van der Waals surface area (Å²) in [6.07, 6.45) is 7.80. The predicted octanol–water partition coefficient (Wildman–Crippen LogP) is 2.23. The van der Waals surface area contributed by atoms with Crippen LogP contribution in [0.1, 0.15) is 58.8 Å². The molecule has 1 saturated heterocycles. The quantitative estimate of drug-likeness (QED) is 0.174. The Morgan fingerprint density at radius 3 is 2.69 bits per heavy atom. The minimum Gasteiger partial charge on any atom is -0.377 e. The highest BCUT2D eigenvalue weighted by Gasteiger charge is 2.17. The van der Waals surface area contributed by atoms with Crippen LogP contribution in [-0.4, -0.2) is 59.0 Å². The summed E-state index contributed by atoms with van der Waals surface area (Å²) in [5, 5.41) is 6.37. The predicted molar refractivity (Wildman–Crippen MR) is 119 cm³/mol. The number of halogens is 1. The van der Waals surface area contributed by atoms with Crippen LogP contribution < -0.4 is 15.4 Å². The van der Waals surface area contributed by atoms with Crippen LogP contribution in [0.5, 0.6) is 0 Å². The molecule has 1 fully saturated rings. The third-order valence-corrected chi connectivity index (χ3v) is 5.66. The summed E-state index contributed by atoms with van der Waals surface area (Å²) in [6, 6.07) is 0.316. The Morgan fingerprint density at radius 1 is 1.31 bits per heavy atom. The molecular formula is C17H37IN4O3S. The van der Waals surface area contributed by atoms with Gasteiger partial charge in [-0.3, -0.25) is 4.99 Å². The van der Waals surface area contributed by atoms with E-state index in [2.05, 4.69) is 34.2 Å². The van der Waals surface area contributed by atoms with Crippen LogP contribution in [0, 0.1) is 0 Å². The van der Waals surface area contributed by atoms with E-state index in [1.165, 1.54) is 19.3 Å². The van der Waals surface area contributed by atoms with Crippen molar-refractivity contribution in [2.24, 2.45) is 4.99 Å². The molecule has 0 spiro atoms. The Bertz CT molecular complexity index is 482. The lowest BCUT2D eigenvalue weighted by atomic mass is 10.1. The van der Waals surface area contributed by atoms with Crippen LogP contribution in [0.15, 0.2) is 4.99 Å². The minimum atomic E-state index is -3.31. The minimum absolute atomic E-state index is 0. The molecule has 0 saturated carbocycles. The third kappa shape index (κ3) is 12.3. The summed E-state index contributed by atoms with van der Waals surface area (Å²) < 4.78 is 32.3. The highest BCUT2D eigenvalue weighted by molar-refractivity contribution is 14.0. The molecule has 7 nitrogen and oxygen atoms in total. The third-order valence-electron chi connectivity index (χ3n) is 4.32.